The molecule has 0 heterocycles. The highest BCUT2D eigenvalue weighted by atomic mass is 32.2. The number of nitrogens with one attached hydrogen (secondary N) is 1. The van der Waals surface area contributed by atoms with Gasteiger partial charge in [0.1, 0.15) is 5.82 Å². The summed E-state index contributed by atoms with van der Waals surface area (Å²) >= 11 is 0. The first-order valence-electron chi connectivity index (χ1n) is 6.90. The Labute approximate surface area is 120 Å². The van der Waals surface area contributed by atoms with Gasteiger partial charge in [-0.2, -0.15) is 0 Å². The van der Waals surface area contributed by atoms with Gasteiger partial charge in [-0.15, -0.1) is 0 Å². The molecule has 4 nitrogen and oxygen atoms in total. The predicted molar refractivity (Wildman–Crippen MR) is 76.3 cm³/mol. The standard InChI is InChI=1S/C14H21FN2O2S/c1-3-16-9-12-6-7-13(15)8-14(12)20(18,19)17(2)10-11-4-5-11/h6-8,11,16H,3-5,9-10H2,1-2H3. The summed E-state index contributed by atoms with van der Waals surface area (Å²) in [6.07, 6.45) is 2.15. The Bertz CT molecular complexity index is 571. The van der Waals surface area contributed by atoms with E-state index in [2.05, 4.69) is 5.32 Å². The SMILES string of the molecule is CCNCc1ccc(F)cc1S(=O)(=O)N(C)CC1CC1. The van der Waals surface area contributed by atoms with Crippen molar-refractivity contribution < 1.29 is 12.8 Å². The third-order valence-electron chi connectivity index (χ3n) is 3.50. The summed E-state index contributed by atoms with van der Waals surface area (Å²) in [6, 6.07) is 3.95. The van der Waals surface area contributed by atoms with Crippen molar-refractivity contribution >= 4 is 10.0 Å². The predicted octanol–water partition coefficient (Wildman–Crippen LogP) is 1.97. The van der Waals surface area contributed by atoms with E-state index in [0.29, 0.717) is 24.6 Å². The summed E-state index contributed by atoms with van der Waals surface area (Å²) in [5.74, 6) is -0.0656. The molecule has 1 aromatic carbocycles. The van der Waals surface area contributed by atoms with Gasteiger partial charge in [0.25, 0.3) is 0 Å². The van der Waals surface area contributed by atoms with Crippen LogP contribution in [0.1, 0.15) is 25.3 Å². The van der Waals surface area contributed by atoms with Crippen molar-refractivity contribution in [1.29, 1.82) is 0 Å². The first kappa shape index (κ1) is 15.4. The third-order valence-corrected chi connectivity index (χ3v) is 5.40. The summed E-state index contributed by atoms with van der Waals surface area (Å²) in [4.78, 5) is 0.0709. The summed E-state index contributed by atoms with van der Waals surface area (Å²) in [5, 5.41) is 3.08. The highest BCUT2D eigenvalue weighted by molar-refractivity contribution is 7.89. The highest BCUT2D eigenvalue weighted by Crippen LogP contribution is 2.31. The molecule has 0 spiro atoms. The molecule has 6 heteroatoms. The molecule has 1 N–H and O–H groups in total. The van der Waals surface area contributed by atoms with Crippen LogP contribution in [-0.4, -0.2) is 32.9 Å². The van der Waals surface area contributed by atoms with E-state index in [1.165, 1.54) is 16.4 Å². The van der Waals surface area contributed by atoms with Crippen molar-refractivity contribution in [3.63, 3.8) is 0 Å². The van der Waals surface area contributed by atoms with E-state index in [1.807, 2.05) is 6.92 Å². The van der Waals surface area contributed by atoms with Gasteiger partial charge in [-0.3, -0.25) is 0 Å². The van der Waals surface area contributed by atoms with Gasteiger partial charge in [0, 0.05) is 20.1 Å². The van der Waals surface area contributed by atoms with Crippen molar-refractivity contribution in [2.45, 2.75) is 31.2 Å². The molecule has 1 aromatic rings. The van der Waals surface area contributed by atoms with E-state index in [0.717, 1.165) is 25.5 Å². The van der Waals surface area contributed by atoms with Crippen LogP contribution in [0.25, 0.3) is 0 Å². The Morgan fingerprint density at radius 3 is 2.70 bits per heavy atom. The molecule has 1 aliphatic rings. The molecular formula is C14H21FN2O2S. The van der Waals surface area contributed by atoms with E-state index < -0.39 is 15.8 Å². The smallest absolute Gasteiger partial charge is 0.243 e. The summed E-state index contributed by atoms with van der Waals surface area (Å²) in [7, 11) is -2.06. The Morgan fingerprint density at radius 2 is 2.10 bits per heavy atom. The van der Waals surface area contributed by atoms with Crippen LogP contribution in [0, 0.1) is 11.7 Å². The van der Waals surface area contributed by atoms with Gasteiger partial charge in [0.05, 0.1) is 4.90 Å². The van der Waals surface area contributed by atoms with E-state index in [9.17, 15) is 12.8 Å². The topological polar surface area (TPSA) is 49.4 Å². The summed E-state index contributed by atoms with van der Waals surface area (Å²) < 4.78 is 39.9. The van der Waals surface area contributed by atoms with Crippen LogP contribution in [-0.2, 0) is 16.6 Å². The van der Waals surface area contributed by atoms with Crippen LogP contribution in [0.15, 0.2) is 23.1 Å². The molecule has 0 radical (unpaired) electrons. The second-order valence-corrected chi connectivity index (χ2v) is 7.27. The lowest BCUT2D eigenvalue weighted by atomic mass is 10.2. The summed E-state index contributed by atoms with van der Waals surface area (Å²) in [6.45, 7) is 3.60. The first-order chi connectivity index (χ1) is 9.45. The maximum atomic E-state index is 13.4. The number of benzene rings is 1. The van der Waals surface area contributed by atoms with Gasteiger partial charge >= 0.3 is 0 Å². The molecular weight excluding hydrogens is 279 g/mol. The minimum absolute atomic E-state index is 0.0709. The Balaban J connectivity index is 2.30. The maximum absolute atomic E-state index is 13.4. The Hall–Kier alpha value is -0.980. The van der Waals surface area contributed by atoms with Gasteiger partial charge in [0.2, 0.25) is 10.0 Å². The second-order valence-electron chi connectivity index (χ2n) is 5.26. The third kappa shape index (κ3) is 3.56. The van der Waals surface area contributed by atoms with Crippen LogP contribution in [0.2, 0.25) is 0 Å². The van der Waals surface area contributed by atoms with E-state index in [4.69, 9.17) is 0 Å². The Kier molecular flexibility index (Phi) is 4.78. The molecule has 1 saturated carbocycles. The molecule has 0 atom stereocenters. The molecule has 0 aliphatic heterocycles. The van der Waals surface area contributed by atoms with Crippen molar-refractivity contribution in [2.24, 2.45) is 5.92 Å². The Morgan fingerprint density at radius 1 is 1.40 bits per heavy atom. The first-order valence-corrected chi connectivity index (χ1v) is 8.34. The average Bonchev–Trinajstić information content (AvgIpc) is 3.21. The fraction of sp³-hybridized carbons (Fsp3) is 0.571. The van der Waals surface area contributed by atoms with Gasteiger partial charge in [-0.1, -0.05) is 13.0 Å². The van der Waals surface area contributed by atoms with Crippen molar-refractivity contribution in [3.8, 4) is 0 Å². The molecule has 0 saturated heterocycles. The highest BCUT2D eigenvalue weighted by Gasteiger charge is 2.30. The number of nitrogens with zero attached hydrogens (tertiary/aromatic N) is 1. The van der Waals surface area contributed by atoms with Crippen LogP contribution in [0.3, 0.4) is 0 Å². The zero-order chi connectivity index (χ0) is 14.8. The molecule has 0 unspecified atom stereocenters. The lowest BCUT2D eigenvalue weighted by molar-refractivity contribution is 0.451. The fourth-order valence-corrected chi connectivity index (χ4v) is 3.58. The minimum Gasteiger partial charge on any atom is -0.313 e. The minimum atomic E-state index is -3.62. The number of sulfonamides is 1. The van der Waals surface area contributed by atoms with Crippen molar-refractivity contribution in [3.05, 3.63) is 29.6 Å². The van der Waals surface area contributed by atoms with Gasteiger partial charge < -0.3 is 5.32 Å². The largest absolute Gasteiger partial charge is 0.313 e. The van der Waals surface area contributed by atoms with Crippen LogP contribution in [0.4, 0.5) is 4.39 Å². The molecule has 0 aromatic heterocycles. The zero-order valence-corrected chi connectivity index (χ0v) is 12.7. The lowest BCUT2D eigenvalue weighted by Gasteiger charge is -2.19. The summed E-state index contributed by atoms with van der Waals surface area (Å²) in [5.41, 5.74) is 0.607. The van der Waals surface area contributed by atoms with Gasteiger partial charge in [0.15, 0.2) is 0 Å². The molecule has 0 amide bonds. The van der Waals surface area contributed by atoms with E-state index >= 15 is 0 Å². The van der Waals surface area contributed by atoms with Crippen LogP contribution in [0.5, 0.6) is 0 Å². The maximum Gasteiger partial charge on any atom is 0.243 e. The van der Waals surface area contributed by atoms with E-state index in [-0.39, 0.29) is 4.90 Å². The van der Waals surface area contributed by atoms with Gasteiger partial charge in [-0.25, -0.2) is 17.1 Å². The van der Waals surface area contributed by atoms with Crippen molar-refractivity contribution in [2.75, 3.05) is 20.1 Å². The van der Waals surface area contributed by atoms with Crippen LogP contribution >= 0.6 is 0 Å². The monoisotopic (exact) mass is 300 g/mol. The quantitative estimate of drug-likeness (QED) is 0.837. The molecule has 1 fully saturated rings. The zero-order valence-electron chi connectivity index (χ0n) is 11.9. The molecule has 2 rings (SSSR count). The lowest BCUT2D eigenvalue weighted by Crippen LogP contribution is -2.30. The fourth-order valence-electron chi connectivity index (χ4n) is 2.10. The molecule has 0 bridgehead atoms. The normalized spacial score (nSPS) is 15.8. The second kappa shape index (κ2) is 6.20. The molecule has 1 aliphatic carbocycles. The number of halogens is 1. The average molecular weight is 300 g/mol. The molecule has 112 valence electrons. The number of hydrogen-bond acceptors (Lipinski definition) is 3. The van der Waals surface area contributed by atoms with E-state index in [1.54, 1.807) is 7.05 Å². The van der Waals surface area contributed by atoms with Gasteiger partial charge in [-0.05, 0) is 43.0 Å². The van der Waals surface area contributed by atoms with Crippen molar-refractivity contribution in [1.82, 2.24) is 9.62 Å². The number of rotatable bonds is 7. The molecule has 20 heavy (non-hydrogen) atoms. The number of hydrogen-bond donors (Lipinski definition) is 1. The van der Waals surface area contributed by atoms with Crippen LogP contribution < -0.4 is 5.32 Å².